The summed E-state index contributed by atoms with van der Waals surface area (Å²) >= 11 is 0. The van der Waals surface area contributed by atoms with Gasteiger partial charge in [0.2, 0.25) is 12.8 Å². The summed E-state index contributed by atoms with van der Waals surface area (Å²) < 4.78 is 43.1. The molecule has 202 valence electrons. The van der Waals surface area contributed by atoms with Crippen molar-refractivity contribution in [3.63, 3.8) is 0 Å². The smallest absolute Gasteiger partial charge is 0.392 e. The lowest BCUT2D eigenvalue weighted by Crippen LogP contribution is -2.41. The third-order valence-corrected chi connectivity index (χ3v) is 6.45. The Hall–Kier alpha value is -2.38. The highest BCUT2D eigenvalue weighted by atomic mass is 19.4. The topological polar surface area (TPSA) is 63.7 Å². The fourth-order valence-electron chi connectivity index (χ4n) is 4.85. The number of imide groups is 1. The van der Waals surface area contributed by atoms with Crippen molar-refractivity contribution >= 4 is 18.8 Å². The zero-order chi connectivity index (χ0) is 27.8. The average Bonchev–Trinajstić information content (AvgIpc) is 3.23. The van der Waals surface area contributed by atoms with Gasteiger partial charge in [0.1, 0.15) is 12.6 Å². The van der Waals surface area contributed by atoms with E-state index in [1.54, 1.807) is 19.9 Å². The number of cyclic esters (lactones) is 1. The van der Waals surface area contributed by atoms with E-state index < -0.39 is 24.1 Å². The number of amides is 2. The lowest BCUT2D eigenvalue weighted by molar-refractivity contribution is -0.205. The SMILES string of the molecule is C/C=C1/C(=O)OCC1N(C=O)C=O.C=C.C=C1CCC2C(CCC(C(F)(F)F)C2C)C1.CC.CC. The van der Waals surface area contributed by atoms with Gasteiger partial charge in [0.25, 0.3) is 0 Å². The second-order valence-electron chi connectivity index (χ2n) is 8.02. The molecule has 1 aliphatic heterocycles. The predicted octanol–water partition coefficient (Wildman–Crippen LogP) is 6.89. The number of alkyl halides is 3. The van der Waals surface area contributed by atoms with Crippen LogP contribution in [0.2, 0.25) is 0 Å². The molecule has 1 saturated heterocycles. The summed E-state index contributed by atoms with van der Waals surface area (Å²) in [6.45, 7) is 21.5. The van der Waals surface area contributed by atoms with Gasteiger partial charge in [0.05, 0.1) is 11.5 Å². The lowest BCUT2D eigenvalue weighted by Gasteiger charge is -2.45. The molecule has 5 atom stereocenters. The van der Waals surface area contributed by atoms with Crippen LogP contribution < -0.4 is 0 Å². The molecule has 35 heavy (non-hydrogen) atoms. The quantitative estimate of drug-likeness (QED) is 0.182. The van der Waals surface area contributed by atoms with E-state index in [9.17, 15) is 27.6 Å². The first-order valence-electron chi connectivity index (χ1n) is 12.4. The Morgan fingerprint density at radius 1 is 1.03 bits per heavy atom. The Balaban J connectivity index is 0. The highest BCUT2D eigenvalue weighted by molar-refractivity contribution is 5.93. The van der Waals surface area contributed by atoms with Gasteiger partial charge < -0.3 is 4.74 Å². The molecule has 8 heteroatoms. The van der Waals surface area contributed by atoms with E-state index in [0.29, 0.717) is 30.7 Å². The van der Waals surface area contributed by atoms with E-state index in [0.717, 1.165) is 30.6 Å². The van der Waals surface area contributed by atoms with Crippen molar-refractivity contribution < 1.29 is 32.3 Å². The number of ether oxygens (including phenoxy) is 1. The number of allylic oxidation sites excluding steroid dienone is 2. The Kier molecular flexibility index (Phi) is 17.9. The third-order valence-electron chi connectivity index (χ3n) is 6.45. The Morgan fingerprint density at radius 3 is 2.03 bits per heavy atom. The molecule has 2 aliphatic carbocycles. The minimum absolute atomic E-state index is 0.0516. The minimum atomic E-state index is -4.00. The second-order valence-corrected chi connectivity index (χ2v) is 8.02. The van der Waals surface area contributed by atoms with Crippen LogP contribution in [-0.2, 0) is 19.1 Å². The zero-order valence-electron chi connectivity index (χ0n) is 22.2. The van der Waals surface area contributed by atoms with Crippen LogP contribution in [0.3, 0.4) is 0 Å². The van der Waals surface area contributed by atoms with Crippen LogP contribution in [-0.4, -0.2) is 42.5 Å². The predicted molar refractivity (Wildman–Crippen MR) is 134 cm³/mol. The number of hydrogen-bond donors (Lipinski definition) is 0. The van der Waals surface area contributed by atoms with Gasteiger partial charge in [-0.3, -0.25) is 14.5 Å². The van der Waals surface area contributed by atoms with Crippen molar-refractivity contribution in [3.05, 3.63) is 37.0 Å². The molecule has 0 bridgehead atoms. The summed E-state index contributed by atoms with van der Waals surface area (Å²) in [5.41, 5.74) is 1.58. The van der Waals surface area contributed by atoms with Gasteiger partial charge in [-0.1, -0.05) is 52.8 Å². The van der Waals surface area contributed by atoms with Crippen LogP contribution in [0.4, 0.5) is 13.2 Å². The van der Waals surface area contributed by atoms with E-state index in [2.05, 4.69) is 24.5 Å². The molecule has 0 radical (unpaired) electrons. The van der Waals surface area contributed by atoms with Crippen molar-refractivity contribution in [2.45, 2.75) is 85.9 Å². The normalized spacial score (nSPS) is 28.0. The molecule has 2 amide bonds. The highest BCUT2D eigenvalue weighted by Gasteiger charge is 2.49. The number of hydrogen-bond acceptors (Lipinski definition) is 4. The van der Waals surface area contributed by atoms with Crippen LogP contribution in [0.5, 0.6) is 0 Å². The first kappa shape index (κ1) is 34.8. The number of nitrogens with zero attached hydrogens (tertiary/aromatic N) is 1. The number of fused-ring (bicyclic) bond motifs is 1. The number of carbonyl (C=O) groups is 3. The molecule has 5 nitrogen and oxygen atoms in total. The van der Waals surface area contributed by atoms with Gasteiger partial charge >= 0.3 is 12.1 Å². The summed E-state index contributed by atoms with van der Waals surface area (Å²) in [6, 6.07) is -0.563. The largest absolute Gasteiger partial charge is 0.460 e. The second kappa shape index (κ2) is 18.0. The molecular formula is C27H44F3NO4. The lowest BCUT2D eigenvalue weighted by atomic mass is 9.61. The summed E-state index contributed by atoms with van der Waals surface area (Å²) in [4.78, 5) is 32.7. The maximum atomic E-state index is 12.8. The van der Waals surface area contributed by atoms with Gasteiger partial charge in [0.15, 0.2) is 0 Å². The van der Waals surface area contributed by atoms with Crippen molar-refractivity contribution in [2.75, 3.05) is 6.61 Å². The number of halogens is 3. The van der Waals surface area contributed by atoms with E-state index in [-0.39, 0.29) is 18.4 Å². The Bertz CT molecular complexity index is 682. The molecule has 0 spiro atoms. The molecule has 3 fully saturated rings. The molecular weight excluding hydrogens is 459 g/mol. The van der Waals surface area contributed by atoms with E-state index >= 15 is 0 Å². The standard InChI is InChI=1S/C13H19F3.C8H9NO4.2C2H6.C2H4/c1-8-3-5-11-9(2)12(13(14,15)16)6-4-10(11)7-8;1-2-6-7(3-13-8(6)12)9(4-10)5-11;3*1-2/h9-12H,1,3-7H2,2H3;2,4-5,7H,3H2,1H3;2*1-2H3;1-2H2/b;6-2+;;;. The summed E-state index contributed by atoms with van der Waals surface area (Å²) in [5, 5.41) is 0. The number of carbonyl (C=O) groups excluding carboxylic acids is 3. The Morgan fingerprint density at radius 2 is 1.57 bits per heavy atom. The summed E-state index contributed by atoms with van der Waals surface area (Å²) in [7, 11) is 0. The van der Waals surface area contributed by atoms with Gasteiger partial charge in [0, 0.05) is 0 Å². The van der Waals surface area contributed by atoms with E-state index in [4.69, 9.17) is 0 Å². The first-order valence-corrected chi connectivity index (χ1v) is 12.4. The van der Waals surface area contributed by atoms with Gasteiger partial charge in [-0.2, -0.15) is 13.2 Å². The highest BCUT2D eigenvalue weighted by Crippen LogP contribution is 2.51. The van der Waals surface area contributed by atoms with E-state index in [1.807, 2.05) is 27.7 Å². The molecule has 0 aromatic heterocycles. The molecule has 3 rings (SSSR count). The third kappa shape index (κ3) is 10.0. The Labute approximate surface area is 209 Å². The van der Waals surface area contributed by atoms with Crippen molar-refractivity contribution in [2.24, 2.45) is 23.7 Å². The number of esters is 1. The molecule has 0 aromatic rings. The molecule has 0 aromatic carbocycles. The fraction of sp³-hybridized carbons (Fsp3) is 0.667. The first-order chi connectivity index (χ1) is 16.6. The van der Waals surface area contributed by atoms with Crippen molar-refractivity contribution in [3.8, 4) is 0 Å². The average molecular weight is 504 g/mol. The summed E-state index contributed by atoms with van der Waals surface area (Å²) in [5.74, 6) is -1.01. The minimum Gasteiger partial charge on any atom is -0.460 e. The van der Waals surface area contributed by atoms with Gasteiger partial charge in [-0.25, -0.2) is 4.79 Å². The van der Waals surface area contributed by atoms with Gasteiger partial charge in [-0.05, 0) is 56.8 Å². The molecule has 1 heterocycles. The van der Waals surface area contributed by atoms with Crippen molar-refractivity contribution in [1.29, 1.82) is 0 Å². The zero-order valence-corrected chi connectivity index (χ0v) is 22.2. The van der Waals surface area contributed by atoms with Crippen LogP contribution in [0.1, 0.15) is 73.6 Å². The molecule has 5 unspecified atom stereocenters. The van der Waals surface area contributed by atoms with Crippen LogP contribution in [0.15, 0.2) is 37.0 Å². The van der Waals surface area contributed by atoms with Crippen LogP contribution in [0, 0.1) is 23.7 Å². The van der Waals surface area contributed by atoms with Gasteiger partial charge in [-0.15, -0.1) is 13.2 Å². The van der Waals surface area contributed by atoms with Crippen LogP contribution >= 0.6 is 0 Å². The maximum Gasteiger partial charge on any atom is 0.392 e. The molecule has 2 saturated carbocycles. The van der Waals surface area contributed by atoms with E-state index in [1.165, 1.54) is 5.57 Å². The number of rotatable bonds is 3. The monoisotopic (exact) mass is 503 g/mol. The fourth-order valence-corrected chi connectivity index (χ4v) is 4.85. The maximum absolute atomic E-state index is 12.8. The molecule has 3 aliphatic rings. The summed E-state index contributed by atoms with van der Waals surface area (Å²) in [6.07, 6.45) is 2.15. The molecule has 0 N–H and O–H groups in total. The van der Waals surface area contributed by atoms with Crippen molar-refractivity contribution in [1.82, 2.24) is 4.90 Å². The van der Waals surface area contributed by atoms with Crippen LogP contribution in [0.25, 0.3) is 0 Å².